The summed E-state index contributed by atoms with van der Waals surface area (Å²) >= 11 is 0. The number of carbonyl (C=O) groups excluding carboxylic acids is 1. The molecule has 0 spiro atoms. The Balaban J connectivity index is 1.87. The first-order chi connectivity index (χ1) is 10.5. The number of nitrogens with zero attached hydrogens (tertiary/aromatic N) is 1. The van der Waals surface area contributed by atoms with E-state index < -0.39 is 11.8 Å². The van der Waals surface area contributed by atoms with Gasteiger partial charge in [-0.2, -0.15) is 0 Å². The van der Waals surface area contributed by atoms with E-state index in [0.717, 1.165) is 5.56 Å². The lowest BCUT2D eigenvalue weighted by Crippen LogP contribution is -2.50. The maximum Gasteiger partial charge on any atom is 0.261 e. The van der Waals surface area contributed by atoms with Crippen LogP contribution in [0.25, 0.3) is 0 Å². The average molecular weight is 303 g/mol. The summed E-state index contributed by atoms with van der Waals surface area (Å²) in [5.41, 5.74) is 0.369. The van der Waals surface area contributed by atoms with Crippen molar-refractivity contribution >= 4 is 5.91 Å². The quantitative estimate of drug-likeness (QED) is 0.622. The highest BCUT2D eigenvalue weighted by Crippen LogP contribution is 2.37. The molecule has 1 aromatic rings. The lowest BCUT2D eigenvalue weighted by molar-refractivity contribution is -0.331. The first-order valence-corrected chi connectivity index (χ1v) is 7.51. The minimum absolute atomic E-state index is 0.125. The molecule has 22 heavy (non-hydrogen) atoms. The van der Waals surface area contributed by atoms with Crippen LogP contribution in [-0.2, 0) is 19.3 Å². The number of carbonyl (C=O) groups is 1. The highest BCUT2D eigenvalue weighted by atomic mass is 17.2. The third-order valence-corrected chi connectivity index (χ3v) is 4.02. The van der Waals surface area contributed by atoms with Gasteiger partial charge in [0.05, 0.1) is 12.6 Å². The van der Waals surface area contributed by atoms with E-state index in [2.05, 4.69) is 0 Å². The number of hydrogen-bond donors (Lipinski definition) is 0. The van der Waals surface area contributed by atoms with E-state index in [9.17, 15) is 4.79 Å². The van der Waals surface area contributed by atoms with E-state index in [1.54, 1.807) is 11.0 Å². The summed E-state index contributed by atoms with van der Waals surface area (Å²) in [6.07, 6.45) is 2.70. The van der Waals surface area contributed by atoms with E-state index in [-0.39, 0.29) is 18.1 Å². The molecule has 2 heterocycles. The van der Waals surface area contributed by atoms with Crippen LogP contribution in [0.2, 0.25) is 0 Å². The Bertz CT molecular complexity index is 569. The monoisotopic (exact) mass is 303 g/mol. The van der Waals surface area contributed by atoms with E-state index >= 15 is 0 Å². The minimum atomic E-state index is -0.733. The Morgan fingerprint density at radius 1 is 1.18 bits per heavy atom. The van der Waals surface area contributed by atoms with E-state index in [4.69, 9.17) is 14.5 Å². The fourth-order valence-corrected chi connectivity index (χ4v) is 2.87. The fourth-order valence-electron chi connectivity index (χ4n) is 2.87. The van der Waals surface area contributed by atoms with Crippen LogP contribution in [0.3, 0.4) is 0 Å². The molecule has 3 atom stereocenters. The molecule has 1 aromatic carbocycles. The average Bonchev–Trinajstić information content (AvgIpc) is 2.83. The van der Waals surface area contributed by atoms with Gasteiger partial charge in [-0.1, -0.05) is 36.4 Å². The standard InChI is InChI=1S/C17H21NO4/c1-12-9-10-15(22-21-12)16(19)18-14(11-20-17(18,2)3)13-7-5-4-6-8-13/h4-10,12,14-15H,11H2,1-3H3/t12?,14-,15?/m1/s1. The zero-order valence-electron chi connectivity index (χ0n) is 13.1. The molecule has 0 bridgehead atoms. The molecule has 2 aliphatic rings. The van der Waals surface area contributed by atoms with Crippen LogP contribution < -0.4 is 0 Å². The molecule has 1 amide bonds. The van der Waals surface area contributed by atoms with E-state index in [1.807, 2.05) is 57.2 Å². The Morgan fingerprint density at radius 3 is 2.55 bits per heavy atom. The van der Waals surface area contributed by atoms with Crippen LogP contribution in [0.15, 0.2) is 42.5 Å². The van der Waals surface area contributed by atoms with Gasteiger partial charge in [-0.15, -0.1) is 0 Å². The molecule has 5 nitrogen and oxygen atoms in total. The fraction of sp³-hybridized carbons (Fsp3) is 0.471. The second-order valence-corrected chi connectivity index (χ2v) is 6.10. The predicted octanol–water partition coefficient (Wildman–Crippen LogP) is 2.60. The Hall–Kier alpha value is -1.69. The van der Waals surface area contributed by atoms with Gasteiger partial charge in [0.1, 0.15) is 11.8 Å². The SMILES string of the molecule is CC1C=CC(C(=O)N2[C@@H](c3ccccc3)COC2(C)C)OO1. The molecule has 1 saturated heterocycles. The molecule has 5 heteroatoms. The summed E-state index contributed by atoms with van der Waals surface area (Å²) in [6.45, 7) is 6.11. The van der Waals surface area contributed by atoms with Gasteiger partial charge in [-0.05, 0) is 32.4 Å². The summed E-state index contributed by atoms with van der Waals surface area (Å²) < 4.78 is 5.84. The van der Waals surface area contributed by atoms with Crippen LogP contribution in [0.1, 0.15) is 32.4 Å². The smallest absolute Gasteiger partial charge is 0.261 e. The van der Waals surface area contributed by atoms with Crippen LogP contribution in [0.5, 0.6) is 0 Å². The van der Waals surface area contributed by atoms with Crippen molar-refractivity contribution < 1.29 is 19.3 Å². The summed E-state index contributed by atoms with van der Waals surface area (Å²) in [5.74, 6) is -0.153. The lowest BCUT2D eigenvalue weighted by Gasteiger charge is -2.36. The second-order valence-electron chi connectivity index (χ2n) is 6.10. The Morgan fingerprint density at radius 2 is 1.91 bits per heavy atom. The highest BCUT2D eigenvalue weighted by Gasteiger charge is 2.46. The number of ether oxygens (including phenoxy) is 1. The van der Waals surface area contributed by atoms with Crippen molar-refractivity contribution in [2.75, 3.05) is 6.61 Å². The number of hydrogen-bond acceptors (Lipinski definition) is 4. The molecule has 0 saturated carbocycles. The zero-order chi connectivity index (χ0) is 15.7. The van der Waals surface area contributed by atoms with Gasteiger partial charge >= 0.3 is 0 Å². The van der Waals surface area contributed by atoms with Gasteiger partial charge in [0.15, 0.2) is 6.10 Å². The van der Waals surface area contributed by atoms with Crippen molar-refractivity contribution in [2.45, 2.75) is 44.7 Å². The van der Waals surface area contributed by atoms with Crippen LogP contribution in [-0.4, -0.2) is 35.3 Å². The van der Waals surface area contributed by atoms with Crippen molar-refractivity contribution in [1.82, 2.24) is 4.90 Å². The van der Waals surface area contributed by atoms with Crippen molar-refractivity contribution in [3.8, 4) is 0 Å². The Kier molecular flexibility index (Phi) is 4.04. The molecular weight excluding hydrogens is 282 g/mol. The van der Waals surface area contributed by atoms with Gasteiger partial charge in [0.2, 0.25) is 0 Å². The predicted molar refractivity (Wildman–Crippen MR) is 80.6 cm³/mol. The van der Waals surface area contributed by atoms with Crippen LogP contribution in [0.4, 0.5) is 0 Å². The summed E-state index contributed by atoms with van der Waals surface area (Å²) in [7, 11) is 0. The molecular formula is C17H21NO4. The third kappa shape index (κ3) is 2.79. The lowest BCUT2D eigenvalue weighted by atomic mass is 10.0. The molecule has 0 aromatic heterocycles. The van der Waals surface area contributed by atoms with Gasteiger partial charge in [-0.25, -0.2) is 9.78 Å². The first kappa shape index (κ1) is 15.2. The van der Waals surface area contributed by atoms with Gasteiger partial charge < -0.3 is 9.64 Å². The van der Waals surface area contributed by atoms with Gasteiger partial charge in [0, 0.05) is 0 Å². The molecule has 1 fully saturated rings. The van der Waals surface area contributed by atoms with Gasteiger partial charge in [-0.3, -0.25) is 4.79 Å². The number of rotatable bonds is 2. The number of benzene rings is 1. The van der Waals surface area contributed by atoms with Crippen molar-refractivity contribution in [3.63, 3.8) is 0 Å². The van der Waals surface area contributed by atoms with Crippen LogP contribution in [0, 0.1) is 0 Å². The molecule has 0 radical (unpaired) electrons. The van der Waals surface area contributed by atoms with Crippen molar-refractivity contribution in [3.05, 3.63) is 48.0 Å². The van der Waals surface area contributed by atoms with Crippen molar-refractivity contribution in [1.29, 1.82) is 0 Å². The highest BCUT2D eigenvalue weighted by molar-refractivity contribution is 5.84. The zero-order valence-corrected chi connectivity index (χ0v) is 13.1. The second kappa shape index (κ2) is 5.83. The first-order valence-electron chi connectivity index (χ1n) is 7.51. The van der Waals surface area contributed by atoms with Crippen LogP contribution >= 0.6 is 0 Å². The molecule has 0 aliphatic carbocycles. The molecule has 2 unspecified atom stereocenters. The number of amides is 1. The van der Waals surface area contributed by atoms with E-state index in [0.29, 0.717) is 6.61 Å². The van der Waals surface area contributed by atoms with E-state index in [1.165, 1.54) is 0 Å². The van der Waals surface area contributed by atoms with Crippen molar-refractivity contribution in [2.24, 2.45) is 0 Å². The normalized spacial score (nSPS) is 30.5. The molecule has 2 aliphatic heterocycles. The summed E-state index contributed by atoms with van der Waals surface area (Å²) in [6, 6.07) is 9.77. The molecule has 0 N–H and O–H groups in total. The summed E-state index contributed by atoms with van der Waals surface area (Å²) in [5, 5.41) is 0. The summed E-state index contributed by atoms with van der Waals surface area (Å²) in [4.78, 5) is 25.0. The molecule has 3 rings (SSSR count). The maximum absolute atomic E-state index is 12.9. The largest absolute Gasteiger partial charge is 0.354 e. The topological polar surface area (TPSA) is 48.0 Å². The minimum Gasteiger partial charge on any atom is -0.354 e. The third-order valence-electron chi connectivity index (χ3n) is 4.02. The Labute approximate surface area is 130 Å². The maximum atomic E-state index is 12.9. The van der Waals surface area contributed by atoms with Gasteiger partial charge in [0.25, 0.3) is 5.91 Å². The molecule has 118 valence electrons.